The lowest BCUT2D eigenvalue weighted by molar-refractivity contribution is 0.449. The van der Waals surface area contributed by atoms with Crippen molar-refractivity contribution in [3.05, 3.63) is 173 Å². The van der Waals surface area contributed by atoms with E-state index in [1.165, 1.54) is 0 Å². The number of ether oxygens (including phenoxy) is 2. The zero-order chi connectivity index (χ0) is 38.6. The number of hydrogen-bond donors (Lipinski definition) is 0. The smallest absolute Gasteiger partial charge is 0.230 e. The lowest BCUT2D eigenvalue weighted by Gasteiger charge is -2.38. The van der Waals surface area contributed by atoms with Crippen molar-refractivity contribution in [1.29, 1.82) is 15.8 Å². The second kappa shape index (κ2) is 13.1. The Labute approximate surface area is 327 Å². The second-order valence-corrected chi connectivity index (χ2v) is 13.5. The van der Waals surface area contributed by atoms with Gasteiger partial charge >= 0.3 is 0 Å². The van der Waals surface area contributed by atoms with E-state index < -0.39 is 0 Å². The molecular formula is C48H27N7O2. The zero-order valence-electron chi connectivity index (χ0n) is 30.3. The molecule has 1 aromatic heterocycles. The van der Waals surface area contributed by atoms with E-state index in [4.69, 9.17) is 19.5 Å². The lowest BCUT2D eigenvalue weighted by atomic mass is 9.98. The summed E-state index contributed by atoms with van der Waals surface area (Å²) in [5.74, 6) is 2.30. The van der Waals surface area contributed by atoms with Crippen LogP contribution in [0.5, 0.6) is 23.0 Å². The summed E-state index contributed by atoms with van der Waals surface area (Å²) in [4.78, 5) is 12.2. The molecule has 0 radical (unpaired) electrons. The van der Waals surface area contributed by atoms with Crippen LogP contribution in [0.1, 0.15) is 27.8 Å². The average Bonchev–Trinajstić information content (AvgIpc) is 3.60. The number of anilines is 3. The van der Waals surface area contributed by atoms with Crippen molar-refractivity contribution in [2.45, 2.75) is 0 Å². The van der Waals surface area contributed by atoms with Gasteiger partial charge in [0.15, 0.2) is 23.0 Å². The van der Waals surface area contributed by atoms with E-state index in [1.54, 1.807) is 37.4 Å². The highest BCUT2D eigenvalue weighted by molar-refractivity contribution is 6.23. The molecular weight excluding hydrogens is 707 g/mol. The Balaban J connectivity index is 1.25. The Morgan fingerprint density at radius 3 is 1.79 bits per heavy atom. The highest BCUT2D eigenvalue weighted by atomic mass is 16.5. The quantitative estimate of drug-likeness (QED) is 0.132. The van der Waals surface area contributed by atoms with Gasteiger partial charge in [-0.15, -0.1) is 0 Å². The molecule has 0 unspecified atom stereocenters. The third-order valence-corrected chi connectivity index (χ3v) is 10.3. The molecule has 10 rings (SSSR count). The van der Waals surface area contributed by atoms with Crippen molar-refractivity contribution in [1.82, 2.24) is 4.57 Å². The van der Waals surface area contributed by atoms with Gasteiger partial charge in [0.25, 0.3) is 0 Å². The number of benzene rings is 7. The van der Waals surface area contributed by atoms with E-state index in [9.17, 15) is 15.8 Å². The number of aromatic nitrogens is 1. The molecule has 2 aliphatic heterocycles. The maximum Gasteiger partial charge on any atom is 0.230 e. The van der Waals surface area contributed by atoms with Crippen LogP contribution >= 0.6 is 0 Å². The molecule has 0 saturated heterocycles. The Morgan fingerprint density at radius 1 is 0.561 bits per heavy atom. The molecule has 57 heavy (non-hydrogen) atoms. The summed E-state index contributed by atoms with van der Waals surface area (Å²) in [6.07, 6.45) is 0. The van der Waals surface area contributed by atoms with Crippen molar-refractivity contribution < 1.29 is 9.47 Å². The molecule has 8 aromatic rings. The molecule has 0 atom stereocenters. The molecule has 3 heterocycles. The normalized spacial score (nSPS) is 12.7. The second-order valence-electron chi connectivity index (χ2n) is 13.5. The van der Waals surface area contributed by atoms with Gasteiger partial charge in [-0.05, 0) is 59.7 Å². The molecule has 0 spiro atoms. The summed E-state index contributed by atoms with van der Waals surface area (Å²) in [6.45, 7) is 0. The van der Waals surface area contributed by atoms with Crippen LogP contribution < -0.4 is 14.4 Å². The van der Waals surface area contributed by atoms with Gasteiger partial charge in [0.2, 0.25) is 5.96 Å². The van der Waals surface area contributed by atoms with E-state index in [2.05, 4.69) is 54.6 Å². The van der Waals surface area contributed by atoms with E-state index in [-0.39, 0.29) is 0 Å². The van der Waals surface area contributed by atoms with E-state index in [0.717, 1.165) is 38.5 Å². The van der Waals surface area contributed by atoms with Crippen molar-refractivity contribution in [2.24, 2.45) is 9.98 Å². The van der Waals surface area contributed by atoms with Gasteiger partial charge in [0, 0.05) is 41.1 Å². The number of fused-ring (bicyclic) bond motifs is 8. The first-order chi connectivity index (χ1) is 28.1. The monoisotopic (exact) mass is 733 g/mol. The Morgan fingerprint density at radius 2 is 1.14 bits per heavy atom. The maximum atomic E-state index is 10.0. The van der Waals surface area contributed by atoms with Crippen LogP contribution in [0.2, 0.25) is 0 Å². The third kappa shape index (κ3) is 5.29. The van der Waals surface area contributed by atoms with Gasteiger partial charge in [-0.25, -0.2) is 4.99 Å². The van der Waals surface area contributed by atoms with Crippen LogP contribution in [-0.4, -0.2) is 23.3 Å². The summed E-state index contributed by atoms with van der Waals surface area (Å²) < 4.78 is 15.4. The lowest BCUT2D eigenvalue weighted by Crippen LogP contribution is -2.21. The molecule has 9 heteroatoms. The Hall–Kier alpha value is -8.45. The van der Waals surface area contributed by atoms with E-state index in [1.807, 2.05) is 88.3 Å². The molecule has 266 valence electrons. The van der Waals surface area contributed by atoms with Crippen LogP contribution in [0, 0.1) is 34.0 Å². The zero-order valence-corrected chi connectivity index (χ0v) is 30.3. The van der Waals surface area contributed by atoms with Crippen molar-refractivity contribution in [2.75, 3.05) is 11.9 Å². The Kier molecular flexibility index (Phi) is 7.64. The number of nitriles is 3. The van der Waals surface area contributed by atoms with Crippen molar-refractivity contribution in [3.8, 4) is 52.3 Å². The fraction of sp³-hybridized carbons (Fsp3) is 0.0208. The predicted molar refractivity (Wildman–Crippen MR) is 221 cm³/mol. The average molecular weight is 734 g/mol. The molecule has 0 bridgehead atoms. The minimum Gasteiger partial charge on any atom is -0.453 e. The summed E-state index contributed by atoms with van der Waals surface area (Å²) >= 11 is 0. The number of nitrogens with zero attached hydrogens (tertiary/aromatic N) is 7. The maximum absolute atomic E-state index is 10.0. The first-order valence-electron chi connectivity index (χ1n) is 18.1. The van der Waals surface area contributed by atoms with Crippen molar-refractivity contribution >= 4 is 50.5 Å². The molecule has 0 fully saturated rings. The van der Waals surface area contributed by atoms with E-state index >= 15 is 0 Å². The van der Waals surface area contributed by atoms with Crippen molar-refractivity contribution in [3.63, 3.8) is 0 Å². The highest BCUT2D eigenvalue weighted by Crippen LogP contribution is 2.62. The third-order valence-electron chi connectivity index (χ3n) is 10.3. The number of aliphatic imine (C=N–C) groups is 2. The molecule has 0 saturated carbocycles. The topological polar surface area (TPSA) is 123 Å². The minimum absolute atomic E-state index is 0.379. The predicted octanol–water partition coefficient (Wildman–Crippen LogP) is 11.1. The highest BCUT2D eigenvalue weighted by Gasteiger charge is 2.38. The van der Waals surface area contributed by atoms with Crippen LogP contribution in [0.25, 0.3) is 32.9 Å². The van der Waals surface area contributed by atoms with Gasteiger partial charge in [0.05, 0.1) is 57.5 Å². The van der Waals surface area contributed by atoms with Crippen LogP contribution in [-0.2, 0) is 0 Å². The van der Waals surface area contributed by atoms with Crippen LogP contribution in [0.3, 0.4) is 0 Å². The molecule has 0 amide bonds. The molecule has 9 nitrogen and oxygen atoms in total. The van der Waals surface area contributed by atoms with Gasteiger partial charge < -0.3 is 9.47 Å². The fourth-order valence-electron chi connectivity index (χ4n) is 7.71. The van der Waals surface area contributed by atoms with Crippen LogP contribution in [0.15, 0.2) is 156 Å². The first-order valence-corrected chi connectivity index (χ1v) is 18.1. The number of hydrogen-bond acceptors (Lipinski definition) is 7. The molecule has 2 aliphatic rings. The minimum atomic E-state index is 0.379. The van der Waals surface area contributed by atoms with Gasteiger partial charge in [-0.1, -0.05) is 84.9 Å². The van der Waals surface area contributed by atoms with Crippen LogP contribution in [0.4, 0.5) is 17.1 Å². The summed E-state index contributed by atoms with van der Waals surface area (Å²) in [5.41, 5.74) is 9.53. The SMILES string of the molecule is CN=C(N=C(c1ccccc1)c1ccc(-c2ccccc2)cc1)n1c2ccc(C#N)cc2c2cc3c4c(c21)Oc1cc(C#N)ccc1N4c1ccc(C#N)cc1O3. The van der Waals surface area contributed by atoms with Gasteiger partial charge in [-0.2, -0.15) is 15.8 Å². The van der Waals surface area contributed by atoms with E-state index in [0.29, 0.717) is 73.9 Å². The van der Waals surface area contributed by atoms with Gasteiger partial charge in [-0.3, -0.25) is 14.5 Å². The standard InChI is InChI=1S/C48H27N7O2/c1-52-48(53-44(34-10-6-3-7-11-34)35-17-15-33(16-18-35)32-8-4-2-5-9-32)55-38-19-12-29(26-49)22-36(38)37-25-43-46-47(45(37)55)57-42-24-31(28-51)14-21-40(42)54(46)39-20-13-30(27-50)23-41(39)56-43/h2-25H,1H3. The fourth-order valence-corrected chi connectivity index (χ4v) is 7.71. The summed E-state index contributed by atoms with van der Waals surface area (Å²) in [5, 5.41) is 31.2. The largest absolute Gasteiger partial charge is 0.453 e. The molecule has 0 N–H and O–H groups in total. The van der Waals surface area contributed by atoms with Gasteiger partial charge in [0.1, 0.15) is 11.2 Å². The summed E-state index contributed by atoms with van der Waals surface area (Å²) in [6, 6.07) is 53.4. The first kappa shape index (κ1) is 33.1. The molecule has 7 aromatic carbocycles. The summed E-state index contributed by atoms with van der Waals surface area (Å²) in [7, 11) is 1.71. The molecule has 0 aliphatic carbocycles. The number of rotatable bonds is 3. The Bertz CT molecular complexity index is 3150.